The van der Waals surface area contributed by atoms with Crippen molar-refractivity contribution in [2.24, 2.45) is 16.7 Å². The summed E-state index contributed by atoms with van der Waals surface area (Å²) in [5.74, 6) is -4.32. The number of nitrogen functional groups attached to an aromatic ring is 1. The molecule has 2 aromatic heterocycles. The number of ketones is 1. The molecule has 0 radical (unpaired) electrons. The predicted molar refractivity (Wildman–Crippen MR) is 217 cm³/mol. The quantitative estimate of drug-likeness (QED) is 0.0592. The topological polar surface area (TPSA) is 302 Å². The van der Waals surface area contributed by atoms with Crippen molar-refractivity contribution in [1.29, 1.82) is 0 Å². The van der Waals surface area contributed by atoms with Gasteiger partial charge in [-0.2, -0.15) is 14.6 Å². The molecule has 8 rings (SSSR count). The number of epoxide rings is 1. The maximum absolute atomic E-state index is 13.9. The molecule has 63 heavy (non-hydrogen) atoms. The van der Waals surface area contributed by atoms with E-state index in [1.165, 1.54) is 25.3 Å². The van der Waals surface area contributed by atoms with Crippen LogP contribution in [0.25, 0.3) is 11.2 Å². The van der Waals surface area contributed by atoms with Gasteiger partial charge in [0.1, 0.15) is 24.4 Å². The summed E-state index contributed by atoms with van der Waals surface area (Å²) in [7, 11) is 0. The van der Waals surface area contributed by atoms with Gasteiger partial charge in [0, 0.05) is 40.5 Å². The van der Waals surface area contributed by atoms with E-state index in [2.05, 4.69) is 37.5 Å². The van der Waals surface area contributed by atoms with Gasteiger partial charge in [0.05, 0.1) is 48.8 Å². The van der Waals surface area contributed by atoms with Gasteiger partial charge in [0.25, 0.3) is 11.5 Å². The fourth-order valence-electron chi connectivity index (χ4n) is 9.40. The number of hydrogen-bond donors (Lipinski definition) is 5. The molecule has 1 amide bonds. The van der Waals surface area contributed by atoms with Gasteiger partial charge in [0.2, 0.25) is 5.95 Å². The molecule has 4 heterocycles. The third-order valence-electron chi connectivity index (χ3n) is 12.9. The zero-order valence-corrected chi connectivity index (χ0v) is 34.5. The number of benzene rings is 2. The number of carboxylic acid groups (broad SMARTS) is 1. The predicted octanol–water partition coefficient (Wildman–Crippen LogP) is 2.64. The first-order valence-electron chi connectivity index (χ1n) is 19.8. The lowest BCUT2D eigenvalue weighted by atomic mass is 9.50. The van der Waals surface area contributed by atoms with Crippen molar-refractivity contribution in [3.8, 4) is 0 Å². The Kier molecular flexibility index (Phi) is 11.8. The smallest absolute Gasteiger partial charge is 0.373 e. The minimum Gasteiger partial charge on any atom is -0.478 e. The van der Waals surface area contributed by atoms with E-state index < -0.39 is 82.0 Å². The number of aromatic amines is 1. The highest BCUT2D eigenvalue weighted by atomic mass is 16.7. The molecule has 4 aromatic rings. The lowest BCUT2D eigenvalue weighted by Gasteiger charge is -2.58. The number of carbonyl (C=O) groups excluding carboxylic acids is 6. The fourth-order valence-corrected chi connectivity index (χ4v) is 9.40. The molecule has 328 valence electrons. The van der Waals surface area contributed by atoms with E-state index in [-0.39, 0.29) is 59.0 Å². The summed E-state index contributed by atoms with van der Waals surface area (Å²) in [5, 5.41) is 15.8. The normalized spacial score (nSPS) is 26.2. The number of carboxylic acids is 1. The summed E-state index contributed by atoms with van der Waals surface area (Å²) >= 11 is 0. The Morgan fingerprint density at radius 3 is 2.43 bits per heavy atom. The number of aromatic nitrogens is 4. The van der Waals surface area contributed by atoms with Gasteiger partial charge in [-0.15, -0.1) is 0 Å². The number of Topliss-reactive ketones (excluding diaryl/α,β-unsaturated/α-hetero) is 1. The van der Waals surface area contributed by atoms with Crippen LogP contribution < -0.4 is 21.9 Å². The number of hydrogen-bond acceptors (Lipinski definition) is 17. The zero-order valence-electron chi connectivity index (χ0n) is 34.5. The van der Waals surface area contributed by atoms with Gasteiger partial charge >= 0.3 is 24.1 Å². The Bertz CT molecular complexity index is 2660. The second kappa shape index (κ2) is 17.0. The molecule has 1 spiro atoms. The van der Waals surface area contributed by atoms with Crippen molar-refractivity contribution in [2.75, 3.05) is 30.8 Å². The Hall–Kier alpha value is -7.15. The van der Waals surface area contributed by atoms with Crippen LogP contribution in [-0.2, 0) is 39.9 Å². The maximum atomic E-state index is 13.9. The molecular formula is C43H43N7O13. The summed E-state index contributed by atoms with van der Waals surface area (Å²) in [6.45, 7) is 7.64. The fraction of sp³-hybridized carbons (Fsp3) is 0.395. The van der Waals surface area contributed by atoms with Gasteiger partial charge < -0.3 is 40.4 Å². The molecule has 6 N–H and O–H groups in total. The minimum absolute atomic E-state index is 0.0354. The Labute approximate surface area is 358 Å². The van der Waals surface area contributed by atoms with Crippen LogP contribution in [0.15, 0.2) is 65.1 Å². The molecule has 7 atom stereocenters. The van der Waals surface area contributed by atoms with Crippen molar-refractivity contribution in [1.82, 2.24) is 25.3 Å². The van der Waals surface area contributed by atoms with Gasteiger partial charge in [-0.25, -0.2) is 19.6 Å². The number of fused-ring (bicyclic) bond motifs is 3. The van der Waals surface area contributed by atoms with Gasteiger partial charge in [-0.05, 0) is 56.2 Å². The summed E-state index contributed by atoms with van der Waals surface area (Å²) in [6.07, 6.45) is 3.27. The highest BCUT2D eigenvalue weighted by Gasteiger charge is 2.84. The molecule has 2 aliphatic heterocycles. The van der Waals surface area contributed by atoms with Crippen molar-refractivity contribution < 1.29 is 57.6 Å². The highest BCUT2D eigenvalue weighted by molar-refractivity contribution is 6.07. The van der Waals surface area contributed by atoms with Crippen LogP contribution in [0.1, 0.15) is 87.7 Å². The van der Waals surface area contributed by atoms with E-state index >= 15 is 0 Å². The number of nitrogens with one attached hydrogen (secondary N) is 3. The van der Waals surface area contributed by atoms with Gasteiger partial charge in [-0.1, -0.05) is 31.6 Å². The molecular weight excluding hydrogens is 823 g/mol. The number of H-pyrrole nitrogens is 1. The molecule has 4 aliphatic rings. The van der Waals surface area contributed by atoms with Crippen LogP contribution in [0.2, 0.25) is 0 Å². The van der Waals surface area contributed by atoms with E-state index in [4.69, 9.17) is 34.3 Å². The number of allylic oxidation sites excluding steroid dienone is 1. The van der Waals surface area contributed by atoms with E-state index in [9.17, 15) is 33.9 Å². The number of aromatic carboxylic acids is 1. The van der Waals surface area contributed by atoms with Crippen LogP contribution in [0.4, 0.5) is 11.6 Å². The van der Waals surface area contributed by atoms with Crippen molar-refractivity contribution in [2.45, 2.75) is 71.0 Å². The molecule has 20 nitrogen and oxygen atoms in total. The number of amides is 1. The van der Waals surface area contributed by atoms with Crippen LogP contribution >= 0.6 is 0 Å². The van der Waals surface area contributed by atoms with E-state index in [0.29, 0.717) is 24.4 Å². The largest absolute Gasteiger partial charge is 0.478 e. The van der Waals surface area contributed by atoms with E-state index in [1.807, 2.05) is 19.9 Å². The summed E-state index contributed by atoms with van der Waals surface area (Å²) in [4.78, 5) is 108. The molecule has 1 saturated carbocycles. The first kappa shape index (κ1) is 43.9. The summed E-state index contributed by atoms with van der Waals surface area (Å²) in [6, 6.07) is 10.0. The number of anilines is 2. The molecule has 2 aliphatic carbocycles. The van der Waals surface area contributed by atoms with Crippen molar-refractivity contribution in [3.05, 3.63) is 98.6 Å². The minimum atomic E-state index is -1.45. The molecule has 2 aromatic carbocycles. The second-order valence-corrected chi connectivity index (χ2v) is 16.1. The molecule has 0 unspecified atom stereocenters. The molecule has 2 saturated heterocycles. The highest BCUT2D eigenvalue weighted by Crippen LogP contribution is 2.73. The molecule has 2 bridgehead atoms. The average molecular weight is 866 g/mol. The Balaban J connectivity index is 0.00000193. The zero-order chi connectivity index (χ0) is 45.4. The number of nitrogens with zero attached hydrogens (tertiary/aromatic N) is 3. The second-order valence-electron chi connectivity index (χ2n) is 16.1. The number of nitrogens with two attached hydrogens (primary N) is 1. The summed E-state index contributed by atoms with van der Waals surface area (Å²) < 4.78 is 24.7. The third kappa shape index (κ3) is 7.83. The lowest BCUT2D eigenvalue weighted by Crippen LogP contribution is -2.65. The SMILES string of the molecule is CC(=O)OC[C@]12CCC(C)=C[C@H]1O[C@@H]1[C@H](OC(=O)c3ccc(C(=O)CNC(=O)c4ccc(NCc5cnc6nc(N)[nH]c(=O)c6n5)cc4)cc3C(=O)O)[C@@H](C)[C@@]2(C)[C@@]12CO2.O=C=O. The number of rotatable bonds is 12. The Morgan fingerprint density at radius 1 is 1.06 bits per heavy atom. The standard InChI is InChI=1S/C42H43N7O11.CO2/c1-20-11-12-41(18-57-22(3)50)30(13-20)59-33-32(21(2)40(41,4)42(33)19-58-42)60-38(56)27-10-7-24(14-28(27)37(54)55)29(51)17-46-35(52)23-5-8-25(9-6-23)44-15-26-16-45-34-31(47-26)36(53)49-39(43)48-34;2-1-3/h5-10,13-14,16,21,30,32-33,44H,11-12,15,17-19H2,1-4H3,(H,46,52)(H,54,55)(H3,43,45,48,49,53);/t21-,30-,32-,33-,40-,41-,42-;/m1./s1. The molecule has 3 fully saturated rings. The van der Waals surface area contributed by atoms with Crippen LogP contribution in [-0.4, -0.2) is 104 Å². The van der Waals surface area contributed by atoms with Crippen molar-refractivity contribution in [3.63, 3.8) is 0 Å². The van der Waals surface area contributed by atoms with E-state index in [0.717, 1.165) is 18.1 Å². The number of ether oxygens (including phenoxy) is 4. The first-order valence-corrected chi connectivity index (χ1v) is 19.8. The Morgan fingerprint density at radius 2 is 1.76 bits per heavy atom. The first-order chi connectivity index (χ1) is 30.0. The lowest BCUT2D eigenvalue weighted by molar-refractivity contribution is -0.225. The number of esters is 2. The molecule has 20 heteroatoms. The monoisotopic (exact) mass is 865 g/mol. The van der Waals surface area contributed by atoms with Gasteiger partial charge in [-0.3, -0.25) is 24.2 Å². The van der Waals surface area contributed by atoms with Gasteiger partial charge in [0.15, 0.2) is 16.9 Å². The van der Waals surface area contributed by atoms with E-state index in [1.54, 1.807) is 24.3 Å². The average Bonchev–Trinajstić information content (AvgIpc) is 4.05. The van der Waals surface area contributed by atoms with Crippen molar-refractivity contribution >= 4 is 58.5 Å². The number of carbonyl (C=O) groups is 5. The maximum Gasteiger partial charge on any atom is 0.373 e. The summed E-state index contributed by atoms with van der Waals surface area (Å²) in [5.41, 5.74) is 4.85. The third-order valence-corrected chi connectivity index (χ3v) is 12.9. The van der Waals surface area contributed by atoms with Crippen LogP contribution in [0, 0.1) is 16.7 Å². The van der Waals surface area contributed by atoms with Crippen LogP contribution in [0.3, 0.4) is 0 Å². The van der Waals surface area contributed by atoms with Crippen LogP contribution in [0.5, 0.6) is 0 Å².